The fraction of sp³-hybridized carbons (Fsp3) is 0.280. The van der Waals surface area contributed by atoms with Gasteiger partial charge in [0.25, 0.3) is 0 Å². The zero-order valence-electron chi connectivity index (χ0n) is 17.6. The van der Waals surface area contributed by atoms with Crippen molar-refractivity contribution >= 4 is 11.8 Å². The van der Waals surface area contributed by atoms with Crippen LogP contribution in [0.25, 0.3) is 0 Å². The number of fused-ring (bicyclic) bond motifs is 1. The molecular weight excluding hydrogens is 390 g/mol. The summed E-state index contributed by atoms with van der Waals surface area (Å²) in [6.07, 6.45) is 2.58. The molecular formula is C25H27N3O3. The Morgan fingerprint density at radius 3 is 2.45 bits per heavy atom. The van der Waals surface area contributed by atoms with Crippen molar-refractivity contribution in [2.24, 2.45) is 0 Å². The Kier molecular flexibility index (Phi) is 6.48. The van der Waals surface area contributed by atoms with Gasteiger partial charge in [-0.05, 0) is 42.2 Å². The van der Waals surface area contributed by atoms with Crippen molar-refractivity contribution in [1.29, 1.82) is 0 Å². The number of carbonyl (C=O) groups is 2. The lowest BCUT2D eigenvalue weighted by Crippen LogP contribution is -2.45. The molecule has 1 aromatic heterocycles. The quantitative estimate of drug-likeness (QED) is 0.603. The Bertz CT molecular complexity index is 1020. The molecule has 0 radical (unpaired) electrons. The summed E-state index contributed by atoms with van der Waals surface area (Å²) >= 11 is 0. The highest BCUT2D eigenvalue weighted by Gasteiger charge is 2.28. The number of benzene rings is 2. The van der Waals surface area contributed by atoms with Gasteiger partial charge in [-0.25, -0.2) is 0 Å². The zero-order chi connectivity index (χ0) is 21.6. The molecule has 1 aliphatic heterocycles. The maximum atomic E-state index is 12.5. The Morgan fingerprint density at radius 2 is 1.71 bits per heavy atom. The molecule has 6 heteroatoms. The van der Waals surface area contributed by atoms with Crippen LogP contribution in [0.5, 0.6) is 0 Å². The molecule has 1 aliphatic rings. The van der Waals surface area contributed by atoms with E-state index in [-0.39, 0.29) is 12.1 Å². The van der Waals surface area contributed by atoms with Crippen molar-refractivity contribution in [1.82, 2.24) is 15.5 Å². The Balaban J connectivity index is 1.39. The molecule has 3 aromatic rings. The van der Waals surface area contributed by atoms with E-state index in [4.69, 9.17) is 4.42 Å². The van der Waals surface area contributed by atoms with Gasteiger partial charge in [0.05, 0.1) is 18.3 Å². The summed E-state index contributed by atoms with van der Waals surface area (Å²) in [7, 11) is 0. The highest BCUT2D eigenvalue weighted by atomic mass is 16.3. The number of amides is 2. The molecule has 0 saturated carbocycles. The lowest BCUT2D eigenvalue weighted by atomic mass is 9.98. The van der Waals surface area contributed by atoms with Crippen LogP contribution in [0.2, 0.25) is 0 Å². The van der Waals surface area contributed by atoms with Crippen LogP contribution in [0.3, 0.4) is 0 Å². The van der Waals surface area contributed by atoms with Gasteiger partial charge in [0.2, 0.25) is 0 Å². The van der Waals surface area contributed by atoms with E-state index in [1.165, 1.54) is 11.1 Å². The molecule has 160 valence electrons. The van der Waals surface area contributed by atoms with Crippen LogP contribution in [-0.4, -0.2) is 29.8 Å². The van der Waals surface area contributed by atoms with Crippen molar-refractivity contribution in [3.63, 3.8) is 0 Å². The van der Waals surface area contributed by atoms with E-state index in [1.54, 1.807) is 6.26 Å². The van der Waals surface area contributed by atoms with Gasteiger partial charge in [0.15, 0.2) is 0 Å². The van der Waals surface area contributed by atoms with Crippen molar-refractivity contribution < 1.29 is 14.0 Å². The zero-order valence-corrected chi connectivity index (χ0v) is 17.6. The fourth-order valence-electron chi connectivity index (χ4n) is 4.03. The molecule has 0 fully saturated rings. The van der Waals surface area contributed by atoms with Gasteiger partial charge < -0.3 is 15.1 Å². The molecule has 2 heterocycles. The number of nitrogens with zero attached hydrogens (tertiary/aromatic N) is 1. The first-order valence-corrected chi connectivity index (χ1v) is 10.6. The highest BCUT2D eigenvalue weighted by Crippen LogP contribution is 2.27. The normalized spacial score (nSPS) is 15.5. The number of hydrogen-bond donors (Lipinski definition) is 2. The number of carbonyl (C=O) groups excluding carboxylic acids is 2. The first kappa shape index (κ1) is 20.9. The van der Waals surface area contributed by atoms with Crippen LogP contribution in [0.15, 0.2) is 77.4 Å². The van der Waals surface area contributed by atoms with E-state index >= 15 is 0 Å². The Labute approximate surface area is 182 Å². The van der Waals surface area contributed by atoms with E-state index in [2.05, 4.69) is 33.7 Å². The first-order chi connectivity index (χ1) is 15.1. The van der Waals surface area contributed by atoms with Crippen molar-refractivity contribution in [2.45, 2.75) is 32.0 Å². The molecule has 2 aromatic carbocycles. The number of hydrogen-bond acceptors (Lipinski definition) is 4. The second kappa shape index (κ2) is 9.62. The van der Waals surface area contributed by atoms with Gasteiger partial charge >= 0.3 is 11.8 Å². The minimum absolute atomic E-state index is 0.147. The minimum Gasteiger partial charge on any atom is -0.468 e. The predicted molar refractivity (Wildman–Crippen MR) is 118 cm³/mol. The van der Waals surface area contributed by atoms with E-state index in [0.29, 0.717) is 6.54 Å². The Hall–Kier alpha value is -3.38. The predicted octanol–water partition coefficient (Wildman–Crippen LogP) is 3.37. The number of rotatable bonds is 6. The lowest BCUT2D eigenvalue weighted by Gasteiger charge is -2.34. The molecule has 2 atom stereocenters. The molecule has 6 nitrogen and oxygen atoms in total. The van der Waals surface area contributed by atoms with E-state index in [9.17, 15) is 9.59 Å². The minimum atomic E-state index is -0.642. The molecule has 0 spiro atoms. The smallest absolute Gasteiger partial charge is 0.309 e. The molecule has 31 heavy (non-hydrogen) atoms. The standard InChI is InChI=1S/C25H27N3O3/c1-18(19-8-3-2-4-9-19)27-25(30)24(29)26-16-22(23-12-7-15-31-23)28-14-13-20-10-5-6-11-21(20)17-28/h2-12,15,18,22H,13-14,16-17H2,1H3,(H,26,29)(H,27,30)/t18-,22-/m1/s1. The average Bonchev–Trinajstić information content (AvgIpc) is 3.34. The average molecular weight is 418 g/mol. The van der Waals surface area contributed by atoms with Crippen molar-refractivity contribution in [2.75, 3.05) is 13.1 Å². The fourth-order valence-corrected chi connectivity index (χ4v) is 4.03. The molecule has 4 rings (SSSR count). The summed E-state index contributed by atoms with van der Waals surface area (Å²) in [6, 6.07) is 21.3. The molecule has 2 N–H and O–H groups in total. The van der Waals surface area contributed by atoms with Crippen LogP contribution in [0, 0.1) is 0 Å². The SMILES string of the molecule is C[C@@H](NC(=O)C(=O)NC[C@H](c1ccco1)N1CCc2ccccc2C1)c1ccccc1. The van der Waals surface area contributed by atoms with Crippen molar-refractivity contribution in [3.05, 3.63) is 95.4 Å². The summed E-state index contributed by atoms with van der Waals surface area (Å²) in [5.41, 5.74) is 3.59. The largest absolute Gasteiger partial charge is 0.468 e. The van der Waals surface area contributed by atoms with Gasteiger partial charge in [0, 0.05) is 19.6 Å². The summed E-state index contributed by atoms with van der Waals surface area (Å²) in [5.74, 6) is -0.506. The summed E-state index contributed by atoms with van der Waals surface area (Å²) in [6.45, 7) is 3.78. The molecule has 0 unspecified atom stereocenters. The first-order valence-electron chi connectivity index (χ1n) is 10.6. The monoisotopic (exact) mass is 417 g/mol. The van der Waals surface area contributed by atoms with Gasteiger partial charge in [-0.2, -0.15) is 0 Å². The molecule has 0 bridgehead atoms. The third kappa shape index (κ3) is 5.03. The maximum Gasteiger partial charge on any atom is 0.309 e. The third-order valence-electron chi connectivity index (χ3n) is 5.78. The van der Waals surface area contributed by atoms with E-state index < -0.39 is 11.8 Å². The summed E-state index contributed by atoms with van der Waals surface area (Å²) in [4.78, 5) is 27.2. The highest BCUT2D eigenvalue weighted by molar-refractivity contribution is 6.35. The van der Waals surface area contributed by atoms with Gasteiger partial charge in [-0.3, -0.25) is 14.5 Å². The Morgan fingerprint density at radius 1 is 0.968 bits per heavy atom. The van der Waals surface area contributed by atoms with Gasteiger partial charge in [-0.15, -0.1) is 0 Å². The van der Waals surface area contributed by atoms with E-state index in [1.807, 2.05) is 55.5 Å². The van der Waals surface area contributed by atoms with Crippen LogP contribution < -0.4 is 10.6 Å². The van der Waals surface area contributed by atoms with Gasteiger partial charge in [-0.1, -0.05) is 54.6 Å². The molecule has 0 aliphatic carbocycles. The van der Waals surface area contributed by atoms with Crippen LogP contribution >= 0.6 is 0 Å². The van der Waals surface area contributed by atoms with Crippen LogP contribution in [0.1, 0.15) is 41.5 Å². The van der Waals surface area contributed by atoms with E-state index in [0.717, 1.165) is 30.8 Å². The molecule has 2 amide bonds. The molecule has 0 saturated heterocycles. The number of furan rings is 1. The van der Waals surface area contributed by atoms with Crippen LogP contribution in [0.4, 0.5) is 0 Å². The summed E-state index contributed by atoms with van der Waals surface area (Å²) < 4.78 is 5.66. The second-order valence-corrected chi connectivity index (χ2v) is 7.84. The van der Waals surface area contributed by atoms with Crippen molar-refractivity contribution in [3.8, 4) is 0 Å². The third-order valence-corrected chi connectivity index (χ3v) is 5.78. The maximum absolute atomic E-state index is 12.5. The summed E-state index contributed by atoms with van der Waals surface area (Å²) in [5, 5.41) is 5.56. The topological polar surface area (TPSA) is 74.6 Å². The van der Waals surface area contributed by atoms with Gasteiger partial charge in [0.1, 0.15) is 5.76 Å². The number of nitrogens with one attached hydrogen (secondary N) is 2. The second-order valence-electron chi connectivity index (χ2n) is 7.84. The lowest BCUT2D eigenvalue weighted by molar-refractivity contribution is -0.139. The van der Waals surface area contributed by atoms with Crippen LogP contribution in [-0.2, 0) is 22.6 Å².